The summed E-state index contributed by atoms with van der Waals surface area (Å²) >= 11 is 0. The summed E-state index contributed by atoms with van der Waals surface area (Å²) in [5.74, 6) is 1.15. The molecule has 0 aromatic heterocycles. The monoisotopic (exact) mass is 128 g/mol. The van der Waals surface area contributed by atoms with Crippen LogP contribution in [0.25, 0.3) is 0 Å². The summed E-state index contributed by atoms with van der Waals surface area (Å²) in [5.41, 5.74) is 0. The van der Waals surface area contributed by atoms with Crippen molar-refractivity contribution in [1.29, 1.82) is 0 Å². The van der Waals surface area contributed by atoms with E-state index in [1.165, 1.54) is 12.8 Å². The van der Waals surface area contributed by atoms with Gasteiger partial charge in [0, 0.05) is 0 Å². The summed E-state index contributed by atoms with van der Waals surface area (Å²) in [6, 6.07) is 0. The summed E-state index contributed by atoms with van der Waals surface area (Å²) in [7, 11) is 0. The predicted octanol–water partition coefficient (Wildman–Crippen LogP) is 1.80. The van der Waals surface area contributed by atoms with Crippen molar-refractivity contribution in [2.45, 2.75) is 39.2 Å². The smallest absolute Gasteiger partial charge is 0.0593 e. The molecule has 1 unspecified atom stereocenters. The molecule has 3 atom stereocenters. The van der Waals surface area contributed by atoms with Gasteiger partial charge in [-0.15, -0.1) is 0 Å². The van der Waals surface area contributed by atoms with E-state index in [-0.39, 0.29) is 6.10 Å². The Bertz CT molecular complexity index is 90.6. The Morgan fingerprint density at radius 3 is 2.33 bits per heavy atom. The lowest BCUT2D eigenvalue weighted by atomic mass is 10.0. The van der Waals surface area contributed by atoms with Crippen molar-refractivity contribution in [2.24, 2.45) is 11.8 Å². The highest BCUT2D eigenvalue weighted by Gasteiger charge is 2.29. The van der Waals surface area contributed by atoms with Crippen molar-refractivity contribution in [2.75, 3.05) is 0 Å². The minimum atomic E-state index is -0.00463. The zero-order valence-corrected chi connectivity index (χ0v) is 6.30. The van der Waals surface area contributed by atoms with E-state index in [1.807, 2.05) is 0 Å². The third-order valence-corrected chi connectivity index (χ3v) is 2.58. The Labute approximate surface area is 57.1 Å². The van der Waals surface area contributed by atoms with Crippen LogP contribution in [-0.2, 0) is 0 Å². The molecule has 9 heavy (non-hydrogen) atoms. The van der Waals surface area contributed by atoms with Crippen molar-refractivity contribution in [3.8, 4) is 0 Å². The fourth-order valence-electron chi connectivity index (χ4n) is 1.73. The topological polar surface area (TPSA) is 20.2 Å². The SMILES string of the molecule is CC[C@H]1CC[C@H](C)C1O. The zero-order chi connectivity index (χ0) is 6.85. The highest BCUT2D eigenvalue weighted by molar-refractivity contribution is 4.80. The molecule has 0 heterocycles. The number of hydrogen-bond acceptors (Lipinski definition) is 1. The van der Waals surface area contributed by atoms with E-state index in [0.717, 1.165) is 6.42 Å². The molecule has 0 bridgehead atoms. The van der Waals surface area contributed by atoms with Gasteiger partial charge < -0.3 is 5.11 Å². The predicted molar refractivity (Wildman–Crippen MR) is 38.2 cm³/mol. The van der Waals surface area contributed by atoms with Gasteiger partial charge in [-0.3, -0.25) is 0 Å². The van der Waals surface area contributed by atoms with E-state index in [1.54, 1.807) is 0 Å². The van der Waals surface area contributed by atoms with Crippen LogP contribution in [0, 0.1) is 11.8 Å². The van der Waals surface area contributed by atoms with Crippen molar-refractivity contribution in [1.82, 2.24) is 0 Å². The summed E-state index contributed by atoms with van der Waals surface area (Å²) < 4.78 is 0. The molecule has 0 radical (unpaired) electrons. The molecule has 1 aliphatic rings. The van der Waals surface area contributed by atoms with Crippen LogP contribution in [0.5, 0.6) is 0 Å². The van der Waals surface area contributed by atoms with Crippen LogP contribution in [0.2, 0.25) is 0 Å². The second kappa shape index (κ2) is 2.70. The Morgan fingerprint density at radius 1 is 1.44 bits per heavy atom. The fraction of sp³-hybridized carbons (Fsp3) is 1.00. The highest BCUT2D eigenvalue weighted by Crippen LogP contribution is 2.32. The first-order chi connectivity index (χ1) is 4.25. The highest BCUT2D eigenvalue weighted by atomic mass is 16.3. The van der Waals surface area contributed by atoms with Crippen LogP contribution in [0.3, 0.4) is 0 Å². The Morgan fingerprint density at radius 2 is 2.11 bits per heavy atom. The molecule has 1 saturated carbocycles. The molecule has 0 aliphatic heterocycles. The first-order valence-electron chi connectivity index (χ1n) is 3.93. The van der Waals surface area contributed by atoms with Gasteiger partial charge in [0.15, 0.2) is 0 Å². The van der Waals surface area contributed by atoms with Crippen LogP contribution >= 0.6 is 0 Å². The first-order valence-corrected chi connectivity index (χ1v) is 3.93. The third-order valence-electron chi connectivity index (χ3n) is 2.58. The molecule has 0 spiro atoms. The quantitative estimate of drug-likeness (QED) is 0.571. The van der Waals surface area contributed by atoms with Gasteiger partial charge in [0.1, 0.15) is 0 Å². The van der Waals surface area contributed by atoms with Crippen LogP contribution in [-0.4, -0.2) is 11.2 Å². The lowest BCUT2D eigenvalue weighted by Gasteiger charge is -2.13. The first kappa shape index (κ1) is 7.07. The van der Waals surface area contributed by atoms with Gasteiger partial charge in [0.25, 0.3) is 0 Å². The van der Waals surface area contributed by atoms with E-state index in [4.69, 9.17) is 0 Å². The van der Waals surface area contributed by atoms with Crippen molar-refractivity contribution >= 4 is 0 Å². The minimum Gasteiger partial charge on any atom is -0.393 e. The fourth-order valence-corrected chi connectivity index (χ4v) is 1.73. The average molecular weight is 128 g/mol. The molecule has 1 rings (SSSR count). The second-order valence-corrected chi connectivity index (χ2v) is 3.21. The lowest BCUT2D eigenvalue weighted by Crippen LogP contribution is -2.17. The third kappa shape index (κ3) is 1.26. The van der Waals surface area contributed by atoms with E-state index in [2.05, 4.69) is 13.8 Å². The van der Waals surface area contributed by atoms with Gasteiger partial charge in [-0.2, -0.15) is 0 Å². The zero-order valence-electron chi connectivity index (χ0n) is 6.30. The molecule has 0 aromatic carbocycles. The standard InChI is InChI=1S/C8H16O/c1-3-7-5-4-6(2)8(7)9/h6-9H,3-5H2,1-2H3/t6-,7-,8?/m0/s1. The van der Waals surface area contributed by atoms with E-state index in [0.29, 0.717) is 11.8 Å². The normalized spacial score (nSPS) is 43.7. The molecule has 1 heteroatoms. The Kier molecular flexibility index (Phi) is 2.12. The van der Waals surface area contributed by atoms with E-state index < -0.39 is 0 Å². The summed E-state index contributed by atoms with van der Waals surface area (Å²) in [6.45, 7) is 4.30. The summed E-state index contributed by atoms with van der Waals surface area (Å²) in [6.07, 6.45) is 3.60. The molecule has 0 amide bonds. The van der Waals surface area contributed by atoms with Crippen LogP contribution < -0.4 is 0 Å². The van der Waals surface area contributed by atoms with Gasteiger partial charge in [0.05, 0.1) is 6.10 Å². The maximum Gasteiger partial charge on any atom is 0.0593 e. The molecular weight excluding hydrogens is 112 g/mol. The maximum absolute atomic E-state index is 9.46. The number of hydrogen-bond donors (Lipinski definition) is 1. The van der Waals surface area contributed by atoms with Gasteiger partial charge >= 0.3 is 0 Å². The largest absolute Gasteiger partial charge is 0.393 e. The number of aliphatic hydroxyl groups excluding tert-OH is 1. The molecule has 54 valence electrons. The van der Waals surface area contributed by atoms with Crippen LogP contribution in [0.4, 0.5) is 0 Å². The van der Waals surface area contributed by atoms with Crippen LogP contribution in [0.1, 0.15) is 33.1 Å². The number of aliphatic hydroxyl groups is 1. The molecule has 0 aromatic rings. The lowest BCUT2D eigenvalue weighted by molar-refractivity contribution is 0.0962. The molecule has 1 aliphatic carbocycles. The minimum absolute atomic E-state index is 0.00463. The molecule has 1 fully saturated rings. The van der Waals surface area contributed by atoms with Gasteiger partial charge in [-0.1, -0.05) is 20.3 Å². The molecular formula is C8H16O. The molecule has 0 saturated heterocycles. The Hall–Kier alpha value is -0.0400. The molecule has 1 nitrogen and oxygen atoms in total. The van der Waals surface area contributed by atoms with Gasteiger partial charge in [-0.25, -0.2) is 0 Å². The maximum atomic E-state index is 9.46. The number of rotatable bonds is 1. The van der Waals surface area contributed by atoms with Crippen molar-refractivity contribution in [3.63, 3.8) is 0 Å². The van der Waals surface area contributed by atoms with E-state index >= 15 is 0 Å². The van der Waals surface area contributed by atoms with E-state index in [9.17, 15) is 5.11 Å². The van der Waals surface area contributed by atoms with Crippen molar-refractivity contribution in [3.05, 3.63) is 0 Å². The average Bonchev–Trinajstić information content (AvgIpc) is 2.15. The summed E-state index contributed by atoms with van der Waals surface area (Å²) in [4.78, 5) is 0. The molecule has 1 N–H and O–H groups in total. The van der Waals surface area contributed by atoms with Crippen LogP contribution in [0.15, 0.2) is 0 Å². The van der Waals surface area contributed by atoms with Gasteiger partial charge in [0.2, 0.25) is 0 Å². The van der Waals surface area contributed by atoms with Crippen molar-refractivity contribution < 1.29 is 5.11 Å². The summed E-state index contributed by atoms with van der Waals surface area (Å²) in [5, 5.41) is 9.46. The second-order valence-electron chi connectivity index (χ2n) is 3.21. The van der Waals surface area contributed by atoms with Gasteiger partial charge in [-0.05, 0) is 24.7 Å². The Balaban J connectivity index is 2.41.